The Labute approximate surface area is 66.0 Å². The second-order valence-corrected chi connectivity index (χ2v) is 3.43. The molecule has 0 saturated heterocycles. The molecule has 1 saturated carbocycles. The second-order valence-electron chi connectivity index (χ2n) is 3.43. The summed E-state index contributed by atoms with van der Waals surface area (Å²) >= 11 is 0. The Morgan fingerprint density at radius 1 is 1.64 bits per heavy atom. The van der Waals surface area contributed by atoms with E-state index in [0.717, 1.165) is 0 Å². The lowest BCUT2D eigenvalue weighted by molar-refractivity contribution is -0.143. The first-order valence-electron chi connectivity index (χ1n) is 3.53. The fourth-order valence-corrected chi connectivity index (χ4v) is 1.45. The Morgan fingerprint density at radius 2 is 2.18 bits per heavy atom. The van der Waals surface area contributed by atoms with Gasteiger partial charge in [-0.3, -0.25) is 4.79 Å². The van der Waals surface area contributed by atoms with Gasteiger partial charge in [0, 0.05) is 0 Å². The summed E-state index contributed by atoms with van der Waals surface area (Å²) in [4.78, 5) is 11.0. The largest absolute Gasteiger partial charge is 0.469 e. The lowest BCUT2D eigenvalue weighted by Gasteiger charge is -1.98. The predicted octanol–water partition coefficient (Wildman–Crippen LogP) is 0.955. The fraction of sp³-hybridized carbons (Fsp3) is 0.750. The molecule has 0 aromatic rings. The minimum absolute atomic E-state index is 0.157. The minimum Gasteiger partial charge on any atom is -0.469 e. The van der Waals surface area contributed by atoms with E-state index in [1.807, 2.05) is 13.8 Å². The van der Waals surface area contributed by atoms with Gasteiger partial charge in [0.2, 0.25) is 0 Å². The monoisotopic (exact) mass is 153 g/mol. The molecular formula is C8H11NO2. The minimum atomic E-state index is -0.262. The van der Waals surface area contributed by atoms with E-state index in [1.165, 1.54) is 7.11 Å². The van der Waals surface area contributed by atoms with Crippen LogP contribution in [0.4, 0.5) is 0 Å². The summed E-state index contributed by atoms with van der Waals surface area (Å²) in [5, 5.41) is 8.60. The van der Waals surface area contributed by atoms with Crippen LogP contribution in [0.2, 0.25) is 0 Å². The van der Waals surface area contributed by atoms with Crippen LogP contribution in [-0.2, 0) is 9.53 Å². The SMILES string of the molecule is COC(=O)C1C(C#N)C1(C)C. The molecule has 0 N–H and O–H groups in total. The van der Waals surface area contributed by atoms with E-state index in [9.17, 15) is 4.79 Å². The van der Waals surface area contributed by atoms with Crippen LogP contribution in [-0.4, -0.2) is 13.1 Å². The van der Waals surface area contributed by atoms with Crippen LogP contribution >= 0.6 is 0 Å². The Bertz CT molecular complexity index is 227. The molecule has 0 bridgehead atoms. The van der Waals surface area contributed by atoms with Gasteiger partial charge in [0.25, 0.3) is 0 Å². The smallest absolute Gasteiger partial charge is 0.310 e. The normalized spacial score (nSPS) is 32.2. The van der Waals surface area contributed by atoms with Crippen LogP contribution in [0.15, 0.2) is 0 Å². The van der Waals surface area contributed by atoms with Crippen LogP contribution in [0, 0.1) is 28.6 Å². The zero-order valence-electron chi connectivity index (χ0n) is 6.92. The highest BCUT2D eigenvalue weighted by Gasteiger charge is 2.63. The van der Waals surface area contributed by atoms with Gasteiger partial charge in [0.1, 0.15) is 0 Å². The molecule has 0 aromatic carbocycles. The van der Waals surface area contributed by atoms with E-state index in [0.29, 0.717) is 0 Å². The predicted molar refractivity (Wildman–Crippen MR) is 38.4 cm³/mol. The molecule has 0 aromatic heterocycles. The molecule has 0 heterocycles. The molecule has 3 heteroatoms. The van der Waals surface area contributed by atoms with Gasteiger partial charge in [-0.15, -0.1) is 0 Å². The first kappa shape index (κ1) is 8.06. The van der Waals surface area contributed by atoms with Crippen molar-refractivity contribution in [2.45, 2.75) is 13.8 Å². The molecule has 1 rings (SSSR count). The van der Waals surface area contributed by atoms with Gasteiger partial charge in [-0.05, 0) is 5.41 Å². The number of esters is 1. The first-order valence-corrected chi connectivity index (χ1v) is 3.53. The van der Waals surface area contributed by atoms with Gasteiger partial charge in [0.05, 0.1) is 25.0 Å². The molecule has 1 aliphatic rings. The highest BCUT2D eigenvalue weighted by atomic mass is 16.5. The molecule has 0 spiro atoms. The summed E-state index contributed by atoms with van der Waals surface area (Å²) < 4.78 is 4.55. The molecule has 11 heavy (non-hydrogen) atoms. The summed E-state index contributed by atoms with van der Waals surface area (Å²) in [7, 11) is 1.35. The van der Waals surface area contributed by atoms with Crippen LogP contribution in [0.25, 0.3) is 0 Å². The average molecular weight is 153 g/mol. The molecule has 2 unspecified atom stereocenters. The number of nitrogens with zero attached hydrogens (tertiary/aromatic N) is 1. The Kier molecular flexibility index (Phi) is 1.63. The molecule has 0 radical (unpaired) electrons. The summed E-state index contributed by atoms with van der Waals surface area (Å²) in [6.07, 6.45) is 0. The fourth-order valence-electron chi connectivity index (χ4n) is 1.45. The lowest BCUT2D eigenvalue weighted by Crippen LogP contribution is -2.07. The summed E-state index contributed by atoms with van der Waals surface area (Å²) in [5.41, 5.74) is -0.179. The number of ether oxygens (including phenoxy) is 1. The maximum Gasteiger partial charge on any atom is 0.310 e. The van der Waals surface area contributed by atoms with Gasteiger partial charge in [-0.2, -0.15) is 5.26 Å². The van der Waals surface area contributed by atoms with Crippen molar-refractivity contribution in [2.75, 3.05) is 7.11 Å². The van der Waals surface area contributed by atoms with Gasteiger partial charge in [-0.25, -0.2) is 0 Å². The molecular weight excluding hydrogens is 142 g/mol. The van der Waals surface area contributed by atoms with Gasteiger partial charge < -0.3 is 4.74 Å². The molecule has 0 amide bonds. The number of hydrogen-bond acceptors (Lipinski definition) is 3. The van der Waals surface area contributed by atoms with E-state index < -0.39 is 0 Å². The molecule has 0 aliphatic heterocycles. The highest BCUT2D eigenvalue weighted by Crippen LogP contribution is 2.58. The Morgan fingerprint density at radius 3 is 2.45 bits per heavy atom. The van der Waals surface area contributed by atoms with Gasteiger partial charge in [-0.1, -0.05) is 13.8 Å². The van der Waals surface area contributed by atoms with Crippen molar-refractivity contribution >= 4 is 5.97 Å². The van der Waals surface area contributed by atoms with E-state index in [1.54, 1.807) is 0 Å². The summed E-state index contributed by atoms with van der Waals surface area (Å²) in [6, 6.07) is 2.09. The highest BCUT2D eigenvalue weighted by molar-refractivity contribution is 5.78. The lowest BCUT2D eigenvalue weighted by atomic mass is 10.1. The summed E-state index contributed by atoms with van der Waals surface area (Å²) in [6.45, 7) is 3.81. The van der Waals surface area contributed by atoms with Crippen molar-refractivity contribution in [3.8, 4) is 6.07 Å². The number of methoxy groups -OCH3 is 1. The number of nitriles is 1. The molecule has 1 aliphatic carbocycles. The third kappa shape index (κ3) is 0.988. The number of rotatable bonds is 1. The maximum atomic E-state index is 11.0. The van der Waals surface area contributed by atoms with Crippen molar-refractivity contribution in [3.05, 3.63) is 0 Å². The van der Waals surface area contributed by atoms with Gasteiger partial charge in [0.15, 0.2) is 0 Å². The first-order chi connectivity index (χ1) is 5.05. The van der Waals surface area contributed by atoms with Crippen molar-refractivity contribution in [3.63, 3.8) is 0 Å². The number of carbonyl (C=O) groups is 1. The van der Waals surface area contributed by atoms with Crippen molar-refractivity contribution in [1.82, 2.24) is 0 Å². The molecule has 3 nitrogen and oxygen atoms in total. The van der Waals surface area contributed by atoms with E-state index in [4.69, 9.17) is 5.26 Å². The topological polar surface area (TPSA) is 50.1 Å². The van der Waals surface area contributed by atoms with Crippen molar-refractivity contribution < 1.29 is 9.53 Å². The van der Waals surface area contributed by atoms with Crippen molar-refractivity contribution in [2.24, 2.45) is 17.3 Å². The van der Waals surface area contributed by atoms with E-state index in [2.05, 4.69) is 10.8 Å². The molecule has 60 valence electrons. The number of carbonyl (C=O) groups excluding carboxylic acids is 1. The molecule has 2 atom stereocenters. The van der Waals surface area contributed by atoms with Crippen LogP contribution in [0.5, 0.6) is 0 Å². The van der Waals surface area contributed by atoms with Crippen LogP contribution < -0.4 is 0 Å². The third-order valence-electron chi connectivity index (χ3n) is 2.42. The number of hydrogen-bond donors (Lipinski definition) is 0. The van der Waals surface area contributed by atoms with Crippen molar-refractivity contribution in [1.29, 1.82) is 5.26 Å². The quantitative estimate of drug-likeness (QED) is 0.527. The maximum absolute atomic E-state index is 11.0. The van der Waals surface area contributed by atoms with E-state index >= 15 is 0 Å². The average Bonchev–Trinajstić information content (AvgIpc) is 2.51. The standard InChI is InChI=1S/C8H11NO2/c1-8(2)5(4-9)6(8)7(10)11-3/h5-6H,1-3H3. The third-order valence-corrected chi connectivity index (χ3v) is 2.42. The second kappa shape index (κ2) is 2.23. The Hall–Kier alpha value is -1.04. The van der Waals surface area contributed by atoms with E-state index in [-0.39, 0.29) is 23.2 Å². The van der Waals surface area contributed by atoms with Crippen LogP contribution in [0.1, 0.15) is 13.8 Å². The Balaban J connectivity index is 2.68. The zero-order chi connectivity index (χ0) is 8.65. The summed E-state index contributed by atoms with van der Waals surface area (Å²) in [5.74, 6) is -0.631. The van der Waals surface area contributed by atoms with Gasteiger partial charge >= 0.3 is 5.97 Å². The van der Waals surface area contributed by atoms with Crippen LogP contribution in [0.3, 0.4) is 0 Å². The zero-order valence-corrected chi connectivity index (χ0v) is 6.92. The molecule has 1 fully saturated rings.